The van der Waals surface area contributed by atoms with Gasteiger partial charge < -0.3 is 31.7 Å². The zero-order valence-electron chi connectivity index (χ0n) is 26.4. The van der Waals surface area contributed by atoms with E-state index in [1.807, 2.05) is 43.4 Å². The molecule has 0 aliphatic rings. The van der Waals surface area contributed by atoms with Crippen molar-refractivity contribution in [3.05, 3.63) is 124 Å². The predicted molar refractivity (Wildman–Crippen MR) is 174 cm³/mol. The van der Waals surface area contributed by atoms with Crippen LogP contribution in [0, 0.1) is 5.41 Å². The van der Waals surface area contributed by atoms with Gasteiger partial charge in [0.2, 0.25) is 0 Å². The molecule has 0 radical (unpaired) electrons. The summed E-state index contributed by atoms with van der Waals surface area (Å²) in [6.07, 6.45) is -9.72. The number of hydrogen-bond acceptors (Lipinski definition) is 6. The van der Waals surface area contributed by atoms with Gasteiger partial charge >= 0.3 is 30.3 Å². The highest BCUT2D eigenvalue weighted by Gasteiger charge is 2.39. The molecule has 1 amide bonds. The number of nitrogens with one attached hydrogen (secondary N) is 3. The summed E-state index contributed by atoms with van der Waals surface area (Å²) in [6.45, 7) is 0.515. The molecule has 11 nitrogen and oxygen atoms in total. The molecule has 0 bridgehead atoms. The monoisotopic (exact) mass is 720 g/mol. The summed E-state index contributed by atoms with van der Waals surface area (Å²) in [5, 5.41) is 38.1. The maximum atomic E-state index is 13.3. The van der Waals surface area contributed by atoms with Crippen LogP contribution in [0.15, 0.2) is 91.0 Å². The van der Waals surface area contributed by atoms with Gasteiger partial charge in [0.25, 0.3) is 5.91 Å². The molecule has 0 unspecified atom stereocenters. The van der Waals surface area contributed by atoms with Crippen molar-refractivity contribution in [3.8, 4) is 11.1 Å². The Morgan fingerprint density at radius 2 is 1.24 bits per heavy atom. The number of anilines is 1. The number of carboxylic acids is 3. The molecule has 17 heteroatoms. The van der Waals surface area contributed by atoms with Crippen molar-refractivity contribution in [1.29, 1.82) is 5.41 Å². The van der Waals surface area contributed by atoms with Crippen LogP contribution in [0.25, 0.3) is 11.1 Å². The van der Waals surface area contributed by atoms with Crippen LogP contribution >= 0.6 is 0 Å². The first-order valence-corrected chi connectivity index (χ1v) is 14.3. The van der Waals surface area contributed by atoms with Crippen molar-refractivity contribution in [2.45, 2.75) is 25.3 Å². The van der Waals surface area contributed by atoms with Gasteiger partial charge in [-0.05, 0) is 71.6 Å². The largest absolute Gasteiger partial charge is 0.490 e. The first-order valence-electron chi connectivity index (χ1n) is 14.3. The minimum absolute atomic E-state index is 0.0579. The number of carboxylic acid groups (broad SMARTS) is 3. The van der Waals surface area contributed by atoms with Crippen LogP contribution in [-0.4, -0.2) is 64.4 Å². The van der Waals surface area contributed by atoms with Crippen LogP contribution in [-0.2, 0) is 22.6 Å². The Morgan fingerprint density at radius 1 is 0.725 bits per heavy atom. The number of rotatable bonds is 9. The standard InChI is InChI=1S/C30H28N4O3.2C2HF3O2/c1-33-18-21-13-16-24(27(30(36)37)26(21)17-19-7-3-2-4-8-19)23-9-5-6-10-25(23)29(35)34-22-14-11-20(12-15-22)28(31)32;2*3-2(4,5)1(6)7/h2-16,33H,17-18H2,1H3,(H3,31,32)(H,34,35)(H,36,37);2*(H,6,7). The molecule has 270 valence electrons. The Bertz CT molecular complexity index is 1840. The second-order valence-corrected chi connectivity index (χ2v) is 10.2. The van der Waals surface area contributed by atoms with Crippen LogP contribution in [0.5, 0.6) is 0 Å². The second kappa shape index (κ2) is 18.0. The van der Waals surface area contributed by atoms with Crippen molar-refractivity contribution >= 4 is 35.3 Å². The normalized spacial score (nSPS) is 10.8. The maximum absolute atomic E-state index is 13.3. The molecule has 0 aliphatic carbocycles. The average Bonchev–Trinajstić information content (AvgIpc) is 3.05. The summed E-state index contributed by atoms with van der Waals surface area (Å²) in [4.78, 5) is 43.8. The Kier molecular flexibility index (Phi) is 14.4. The topological polar surface area (TPSA) is 203 Å². The molecule has 0 heterocycles. The number of carbonyl (C=O) groups is 4. The molecule has 51 heavy (non-hydrogen) atoms. The molecule has 0 aliphatic heterocycles. The number of halogens is 6. The number of nitrogens with two attached hydrogens (primary N) is 1. The Hall–Kier alpha value is -6.23. The van der Waals surface area contributed by atoms with E-state index in [1.165, 1.54) is 0 Å². The van der Waals surface area contributed by atoms with Crippen molar-refractivity contribution < 1.29 is 60.8 Å². The molecule has 4 rings (SSSR count). The summed E-state index contributed by atoms with van der Waals surface area (Å²) >= 11 is 0. The number of alkyl halides is 6. The zero-order valence-corrected chi connectivity index (χ0v) is 26.4. The third kappa shape index (κ3) is 12.3. The number of amides is 1. The summed E-state index contributed by atoms with van der Waals surface area (Å²) in [7, 11) is 1.82. The van der Waals surface area contributed by atoms with Gasteiger partial charge in [0.15, 0.2) is 0 Å². The van der Waals surface area contributed by atoms with E-state index in [9.17, 15) is 41.0 Å². The van der Waals surface area contributed by atoms with E-state index in [0.717, 1.165) is 11.1 Å². The lowest BCUT2D eigenvalue weighted by atomic mass is 9.87. The van der Waals surface area contributed by atoms with Gasteiger partial charge in [0.1, 0.15) is 5.84 Å². The first kappa shape index (κ1) is 40.9. The average molecular weight is 721 g/mol. The second-order valence-electron chi connectivity index (χ2n) is 10.2. The summed E-state index contributed by atoms with van der Waals surface area (Å²) in [5.41, 5.74) is 10.8. The molecule has 4 aromatic carbocycles. The highest BCUT2D eigenvalue weighted by molar-refractivity contribution is 6.10. The molecule has 8 N–H and O–H groups in total. The fourth-order valence-corrected chi connectivity index (χ4v) is 4.37. The molecule has 0 fully saturated rings. The van der Waals surface area contributed by atoms with Crippen molar-refractivity contribution in [2.75, 3.05) is 12.4 Å². The third-order valence-corrected chi connectivity index (χ3v) is 6.62. The smallest absolute Gasteiger partial charge is 0.478 e. The molecular formula is C34H30F6N4O7. The van der Waals surface area contributed by atoms with E-state index < -0.39 is 30.3 Å². The lowest BCUT2D eigenvalue weighted by Crippen LogP contribution is -2.21. The van der Waals surface area contributed by atoms with Crippen molar-refractivity contribution in [2.24, 2.45) is 5.73 Å². The quantitative estimate of drug-likeness (QED) is 0.0600. The molecule has 0 saturated heterocycles. The zero-order chi connectivity index (χ0) is 38.5. The molecule has 4 aromatic rings. The van der Waals surface area contributed by atoms with Crippen LogP contribution in [0.4, 0.5) is 32.0 Å². The van der Waals surface area contributed by atoms with E-state index in [-0.39, 0.29) is 17.3 Å². The molecular weight excluding hydrogens is 690 g/mol. The van der Waals surface area contributed by atoms with Crippen LogP contribution in [0.1, 0.15) is 43.0 Å². The fourth-order valence-electron chi connectivity index (χ4n) is 4.37. The minimum Gasteiger partial charge on any atom is -0.478 e. The van der Waals surface area contributed by atoms with Crippen LogP contribution < -0.4 is 16.4 Å². The number of aromatic carboxylic acids is 1. The predicted octanol–water partition coefficient (Wildman–Crippen LogP) is 6.16. The van der Waals surface area contributed by atoms with Gasteiger partial charge in [-0.3, -0.25) is 10.2 Å². The number of carbonyl (C=O) groups excluding carboxylic acids is 1. The summed E-state index contributed by atoms with van der Waals surface area (Å²) in [5.74, 6) is -6.99. The lowest BCUT2D eigenvalue weighted by Gasteiger charge is -2.19. The van der Waals surface area contributed by atoms with Crippen molar-refractivity contribution in [3.63, 3.8) is 0 Å². The number of benzene rings is 4. The Morgan fingerprint density at radius 3 is 1.71 bits per heavy atom. The van der Waals surface area contributed by atoms with E-state index in [1.54, 1.807) is 54.6 Å². The van der Waals surface area contributed by atoms with Gasteiger partial charge in [-0.25, -0.2) is 14.4 Å². The van der Waals surface area contributed by atoms with Gasteiger partial charge in [0.05, 0.1) is 5.56 Å². The fraction of sp³-hybridized carbons (Fsp3) is 0.147. The van der Waals surface area contributed by atoms with E-state index >= 15 is 0 Å². The molecule has 0 atom stereocenters. The maximum Gasteiger partial charge on any atom is 0.490 e. The first-order chi connectivity index (χ1) is 23.8. The Balaban J connectivity index is 0.000000543. The van der Waals surface area contributed by atoms with E-state index in [4.69, 9.17) is 30.9 Å². The Labute approximate surface area is 285 Å². The van der Waals surface area contributed by atoms with Crippen LogP contribution in [0.3, 0.4) is 0 Å². The van der Waals surface area contributed by atoms with Crippen LogP contribution in [0.2, 0.25) is 0 Å². The lowest BCUT2D eigenvalue weighted by molar-refractivity contribution is -0.193. The van der Waals surface area contributed by atoms with Gasteiger partial charge in [-0.1, -0.05) is 60.7 Å². The number of nitrogen functional groups attached to an aromatic ring is 1. The molecule has 0 aromatic heterocycles. The number of amidine groups is 1. The minimum atomic E-state index is -5.08. The third-order valence-electron chi connectivity index (χ3n) is 6.62. The van der Waals surface area contributed by atoms with Gasteiger partial charge in [-0.2, -0.15) is 26.3 Å². The van der Waals surface area contributed by atoms with E-state index in [2.05, 4.69) is 10.6 Å². The SMILES string of the molecule is CNCc1ccc(-c2ccccc2C(=O)Nc2ccc(C(=N)N)cc2)c(C(=O)O)c1Cc1ccccc1.O=C(O)C(F)(F)F.O=C(O)C(F)(F)F. The van der Waals surface area contributed by atoms with E-state index in [0.29, 0.717) is 46.5 Å². The summed E-state index contributed by atoms with van der Waals surface area (Å²) in [6, 6.07) is 27.1. The molecule has 0 saturated carbocycles. The van der Waals surface area contributed by atoms with Gasteiger partial charge in [0, 0.05) is 23.4 Å². The molecule has 0 spiro atoms. The highest BCUT2D eigenvalue weighted by atomic mass is 19.4. The highest BCUT2D eigenvalue weighted by Crippen LogP contribution is 2.33. The van der Waals surface area contributed by atoms with Gasteiger partial charge in [-0.15, -0.1) is 0 Å². The summed E-state index contributed by atoms with van der Waals surface area (Å²) < 4.78 is 63.5. The number of hydrogen-bond donors (Lipinski definition) is 7. The van der Waals surface area contributed by atoms with Crippen molar-refractivity contribution in [1.82, 2.24) is 5.32 Å². The number of aliphatic carboxylic acids is 2.